The van der Waals surface area contributed by atoms with E-state index in [0.717, 1.165) is 56.3 Å². The van der Waals surface area contributed by atoms with Gasteiger partial charge < -0.3 is 14.0 Å². The van der Waals surface area contributed by atoms with E-state index in [1.54, 1.807) is 0 Å². The number of nitrogens with zero attached hydrogens (tertiary/aromatic N) is 4. The van der Waals surface area contributed by atoms with Crippen molar-refractivity contribution >= 4 is 60.7 Å². The highest BCUT2D eigenvalue weighted by atomic mass is 15.1. The number of anilines is 3. The lowest BCUT2D eigenvalue weighted by Crippen LogP contribution is -2.16. The number of fused-ring (bicyclic) bond motifs is 9. The quantitative estimate of drug-likeness (QED) is 0.152. The zero-order chi connectivity index (χ0) is 47.9. The monoisotopic (exact) mass is 920 g/mol. The average molecular weight is 921 g/mol. The van der Waals surface area contributed by atoms with Crippen molar-refractivity contribution in [3.8, 4) is 55.9 Å². The first-order chi connectivity index (χ1) is 35.5. The van der Waals surface area contributed by atoms with Crippen LogP contribution >= 0.6 is 0 Å². The molecule has 0 N–H and O–H groups in total. The molecule has 0 saturated carbocycles. The van der Waals surface area contributed by atoms with Crippen molar-refractivity contribution in [2.45, 2.75) is 19.3 Å². The van der Waals surface area contributed by atoms with Crippen LogP contribution in [0.5, 0.6) is 0 Å². The number of benzene rings is 10. The van der Waals surface area contributed by atoms with Crippen molar-refractivity contribution in [3.05, 3.63) is 266 Å². The predicted octanol–water partition coefficient (Wildman–Crippen LogP) is 18.1. The Labute approximate surface area is 419 Å². The summed E-state index contributed by atoms with van der Waals surface area (Å²) >= 11 is 0. The van der Waals surface area contributed by atoms with Crippen LogP contribution in [0.3, 0.4) is 0 Å². The number of rotatable bonds is 8. The van der Waals surface area contributed by atoms with Crippen molar-refractivity contribution in [1.29, 1.82) is 0 Å². The van der Waals surface area contributed by atoms with Gasteiger partial charge in [0, 0.05) is 55.9 Å². The molecule has 13 aromatic rings. The zero-order valence-electron chi connectivity index (χ0n) is 40.0. The van der Waals surface area contributed by atoms with Crippen LogP contribution < -0.4 is 4.90 Å². The van der Waals surface area contributed by atoms with Gasteiger partial charge in [0.15, 0.2) is 0 Å². The molecule has 0 radical (unpaired) electrons. The van der Waals surface area contributed by atoms with E-state index in [0.29, 0.717) is 0 Å². The minimum absolute atomic E-state index is 0.124. The second-order valence-electron chi connectivity index (χ2n) is 19.6. The molecule has 4 nitrogen and oxygen atoms in total. The van der Waals surface area contributed by atoms with Crippen molar-refractivity contribution < 1.29 is 0 Å². The topological polar surface area (TPSA) is 26.0 Å². The number of aromatic nitrogens is 3. The summed E-state index contributed by atoms with van der Waals surface area (Å²) in [4.78, 5) is 6.93. The molecule has 0 amide bonds. The van der Waals surface area contributed by atoms with Gasteiger partial charge in [0.05, 0.1) is 34.0 Å². The number of hydrogen-bond acceptors (Lipinski definition) is 2. The second kappa shape index (κ2) is 16.4. The van der Waals surface area contributed by atoms with Crippen molar-refractivity contribution in [2.75, 3.05) is 4.90 Å². The van der Waals surface area contributed by atoms with E-state index in [-0.39, 0.29) is 5.41 Å². The fraction of sp³-hybridized carbons (Fsp3) is 0.0441. The molecule has 4 heteroatoms. The van der Waals surface area contributed by atoms with Crippen LogP contribution in [-0.4, -0.2) is 14.1 Å². The van der Waals surface area contributed by atoms with Gasteiger partial charge in [-0.3, -0.25) is 4.98 Å². The third kappa shape index (κ3) is 6.64. The van der Waals surface area contributed by atoms with E-state index in [1.165, 1.54) is 71.4 Å². The van der Waals surface area contributed by atoms with E-state index in [2.05, 4.69) is 269 Å². The smallest absolute Gasteiger partial charge is 0.0644 e. The van der Waals surface area contributed by atoms with Crippen LogP contribution in [0.1, 0.15) is 25.0 Å². The van der Waals surface area contributed by atoms with Crippen LogP contribution in [0.25, 0.3) is 99.5 Å². The van der Waals surface area contributed by atoms with E-state index < -0.39 is 0 Å². The van der Waals surface area contributed by atoms with Gasteiger partial charge in [0.2, 0.25) is 0 Å². The molecule has 0 fully saturated rings. The molecular formula is C68H48N4. The fourth-order valence-corrected chi connectivity index (χ4v) is 11.7. The highest BCUT2D eigenvalue weighted by molar-refractivity contribution is 6.12. The Kier molecular flexibility index (Phi) is 9.52. The van der Waals surface area contributed by atoms with Crippen molar-refractivity contribution in [2.24, 2.45) is 0 Å². The summed E-state index contributed by atoms with van der Waals surface area (Å²) in [5.74, 6) is 0. The maximum Gasteiger partial charge on any atom is 0.0644 e. The van der Waals surface area contributed by atoms with Gasteiger partial charge in [-0.15, -0.1) is 0 Å². The summed E-state index contributed by atoms with van der Waals surface area (Å²) in [6.45, 7) is 4.68. The first-order valence-electron chi connectivity index (χ1n) is 24.8. The van der Waals surface area contributed by atoms with E-state index >= 15 is 0 Å². The van der Waals surface area contributed by atoms with E-state index in [4.69, 9.17) is 0 Å². The molecule has 340 valence electrons. The largest absolute Gasteiger partial charge is 0.309 e. The first kappa shape index (κ1) is 41.7. The minimum Gasteiger partial charge on any atom is -0.309 e. The third-order valence-electron chi connectivity index (χ3n) is 15.2. The molecule has 0 spiro atoms. The minimum atomic E-state index is -0.124. The maximum atomic E-state index is 4.59. The van der Waals surface area contributed by atoms with Gasteiger partial charge in [-0.2, -0.15) is 0 Å². The van der Waals surface area contributed by atoms with E-state index in [1.807, 2.05) is 18.5 Å². The van der Waals surface area contributed by atoms with Crippen LogP contribution in [-0.2, 0) is 5.41 Å². The second-order valence-corrected chi connectivity index (χ2v) is 19.6. The van der Waals surface area contributed by atoms with E-state index in [9.17, 15) is 0 Å². The SMILES string of the molecule is CC1(C)c2ccccc2-c2ccc(N(c3ccc(-c4cc(-c5ccc6c(c5)c5ccccc5n6-c5ccccc5)cc(-c5ccc6c7ccccc7n(-c7ccccc7)c6c5)c4)cc3)c3cccnc3)cc21. The third-order valence-corrected chi connectivity index (χ3v) is 15.2. The lowest BCUT2D eigenvalue weighted by atomic mass is 9.82. The molecule has 3 aromatic heterocycles. The summed E-state index contributed by atoms with van der Waals surface area (Å²) in [6.07, 6.45) is 3.80. The van der Waals surface area contributed by atoms with Crippen molar-refractivity contribution in [1.82, 2.24) is 14.1 Å². The molecule has 14 rings (SSSR count). The van der Waals surface area contributed by atoms with Gasteiger partial charge in [0.25, 0.3) is 0 Å². The molecule has 1 aliphatic carbocycles. The Morgan fingerprint density at radius 1 is 0.333 bits per heavy atom. The Morgan fingerprint density at radius 3 is 1.56 bits per heavy atom. The summed E-state index contributed by atoms with van der Waals surface area (Å²) in [5.41, 5.74) is 22.4. The molecule has 72 heavy (non-hydrogen) atoms. The number of para-hydroxylation sites is 4. The highest BCUT2D eigenvalue weighted by Gasteiger charge is 2.35. The van der Waals surface area contributed by atoms with Crippen LogP contribution in [0, 0.1) is 0 Å². The maximum absolute atomic E-state index is 4.59. The molecule has 3 heterocycles. The Balaban J connectivity index is 0.931. The van der Waals surface area contributed by atoms with Crippen LogP contribution in [0.4, 0.5) is 17.1 Å². The van der Waals surface area contributed by atoms with Crippen molar-refractivity contribution in [3.63, 3.8) is 0 Å². The van der Waals surface area contributed by atoms with Gasteiger partial charge in [-0.25, -0.2) is 0 Å². The standard InChI is InChI=1S/C68H48N4/c1-68(2)62-24-12-9-21-56(62)57-35-33-54(43-63(57)68)70(55-20-15-37-69-44-55)53-31-27-45(28-32-53)48-38-49(46-30-36-66-61(41-46)59-23-11-14-26-65(59)71(66)51-16-5-3-6-17-51)40-50(39-48)47-29-34-60-58-22-10-13-25-64(58)72(67(60)42-47)52-18-7-4-8-19-52/h3-44H,1-2H3. The highest BCUT2D eigenvalue weighted by Crippen LogP contribution is 2.51. The number of hydrogen-bond donors (Lipinski definition) is 0. The summed E-state index contributed by atoms with van der Waals surface area (Å²) < 4.78 is 4.79. The summed E-state index contributed by atoms with van der Waals surface area (Å²) in [6, 6.07) is 89.1. The molecular weight excluding hydrogens is 873 g/mol. The zero-order valence-corrected chi connectivity index (χ0v) is 40.0. The fourth-order valence-electron chi connectivity index (χ4n) is 11.7. The Morgan fingerprint density at radius 2 is 0.861 bits per heavy atom. The average Bonchev–Trinajstić information content (AvgIpc) is 4.04. The molecule has 0 bridgehead atoms. The lowest BCUT2D eigenvalue weighted by molar-refractivity contribution is 0.660. The van der Waals surface area contributed by atoms with Gasteiger partial charge in [0.1, 0.15) is 0 Å². The molecule has 10 aromatic carbocycles. The predicted molar refractivity (Wildman–Crippen MR) is 301 cm³/mol. The summed E-state index contributed by atoms with van der Waals surface area (Å²) in [7, 11) is 0. The molecule has 0 unspecified atom stereocenters. The van der Waals surface area contributed by atoms with Crippen LogP contribution in [0.2, 0.25) is 0 Å². The van der Waals surface area contributed by atoms with Gasteiger partial charge >= 0.3 is 0 Å². The summed E-state index contributed by atoms with van der Waals surface area (Å²) in [5, 5.41) is 4.94. The molecule has 0 saturated heterocycles. The number of pyridine rings is 1. The molecule has 1 aliphatic rings. The Bertz CT molecular complexity index is 4220. The first-order valence-corrected chi connectivity index (χ1v) is 24.8. The lowest BCUT2D eigenvalue weighted by Gasteiger charge is -2.28. The van der Waals surface area contributed by atoms with Gasteiger partial charge in [-0.05, 0) is 165 Å². The van der Waals surface area contributed by atoms with Crippen LogP contribution in [0.15, 0.2) is 255 Å². The normalized spacial score (nSPS) is 12.7. The molecule has 0 aliphatic heterocycles. The molecule has 0 atom stereocenters. The van der Waals surface area contributed by atoms with Gasteiger partial charge in [-0.1, -0.05) is 147 Å². The Hall–Kier alpha value is -9.25.